The first-order chi connectivity index (χ1) is 8.71. The van der Waals surface area contributed by atoms with E-state index in [-0.39, 0.29) is 17.2 Å². The molecule has 0 aromatic carbocycles. The van der Waals surface area contributed by atoms with Crippen molar-refractivity contribution in [3.05, 3.63) is 18.2 Å². The Kier molecular flexibility index (Phi) is 2.69. The van der Waals surface area contributed by atoms with Gasteiger partial charge in [0.2, 0.25) is 11.8 Å². The van der Waals surface area contributed by atoms with Crippen molar-refractivity contribution in [2.24, 2.45) is 5.41 Å². The molecule has 5 heteroatoms. The Balaban J connectivity index is 1.69. The van der Waals surface area contributed by atoms with Gasteiger partial charge in [-0.05, 0) is 12.8 Å². The highest BCUT2D eigenvalue weighted by molar-refractivity contribution is 6.06. The quantitative estimate of drug-likeness (QED) is 0.818. The molecule has 3 rings (SSSR count). The minimum Gasteiger partial charge on any atom is -0.349 e. The number of likely N-dealkylation sites (tertiary alicyclic amines) is 1. The van der Waals surface area contributed by atoms with Gasteiger partial charge in [-0.15, -0.1) is 0 Å². The van der Waals surface area contributed by atoms with Crippen molar-refractivity contribution < 1.29 is 9.59 Å². The zero-order valence-corrected chi connectivity index (χ0v) is 10.3. The summed E-state index contributed by atoms with van der Waals surface area (Å²) in [6.07, 6.45) is 8.38. The summed E-state index contributed by atoms with van der Waals surface area (Å²) in [4.78, 5) is 32.9. The third-order valence-electron chi connectivity index (χ3n) is 4.18. The molecule has 0 unspecified atom stereocenters. The molecule has 1 aliphatic heterocycles. The molecule has 1 aromatic heterocycles. The fourth-order valence-electron chi connectivity index (χ4n) is 3.18. The maximum atomic E-state index is 12.4. The van der Waals surface area contributed by atoms with E-state index < -0.39 is 0 Å². The topological polar surface area (TPSA) is 66.1 Å². The Morgan fingerprint density at radius 2 is 2.11 bits per heavy atom. The molecule has 1 saturated heterocycles. The van der Waals surface area contributed by atoms with Crippen LogP contribution in [0.4, 0.5) is 0 Å². The van der Waals surface area contributed by atoms with Crippen molar-refractivity contribution in [2.45, 2.75) is 38.5 Å². The van der Waals surface area contributed by atoms with Crippen LogP contribution in [0.15, 0.2) is 12.4 Å². The van der Waals surface area contributed by atoms with Gasteiger partial charge in [0.15, 0.2) is 0 Å². The lowest BCUT2D eigenvalue weighted by atomic mass is 9.84. The number of nitrogens with zero attached hydrogens (tertiary/aromatic N) is 2. The second-order valence-electron chi connectivity index (χ2n) is 5.30. The maximum absolute atomic E-state index is 12.4. The van der Waals surface area contributed by atoms with Crippen LogP contribution in [0.5, 0.6) is 0 Å². The average molecular weight is 247 g/mol. The normalized spacial score (nSPS) is 22.3. The molecule has 5 nitrogen and oxygen atoms in total. The van der Waals surface area contributed by atoms with Crippen molar-refractivity contribution >= 4 is 11.8 Å². The summed E-state index contributed by atoms with van der Waals surface area (Å²) >= 11 is 0. The summed E-state index contributed by atoms with van der Waals surface area (Å²) in [6.45, 7) is 0.451. The van der Waals surface area contributed by atoms with Crippen molar-refractivity contribution in [3.8, 4) is 0 Å². The lowest BCUT2D eigenvalue weighted by Crippen LogP contribution is -2.35. The van der Waals surface area contributed by atoms with Gasteiger partial charge in [-0.25, -0.2) is 4.98 Å². The lowest BCUT2D eigenvalue weighted by Gasteiger charge is -2.20. The molecular formula is C13H17N3O2. The number of H-pyrrole nitrogens is 1. The van der Waals surface area contributed by atoms with Gasteiger partial charge >= 0.3 is 0 Å². The van der Waals surface area contributed by atoms with Crippen molar-refractivity contribution in [2.75, 3.05) is 6.54 Å². The van der Waals surface area contributed by atoms with Gasteiger partial charge in [0.25, 0.3) is 0 Å². The van der Waals surface area contributed by atoms with Gasteiger partial charge < -0.3 is 4.98 Å². The molecule has 2 fully saturated rings. The highest BCUT2D eigenvalue weighted by Crippen LogP contribution is 2.46. The summed E-state index contributed by atoms with van der Waals surface area (Å²) in [5, 5.41) is 0. The lowest BCUT2D eigenvalue weighted by molar-refractivity contribution is -0.141. The molecule has 96 valence electrons. The third kappa shape index (κ3) is 1.74. The molecule has 0 radical (unpaired) electrons. The summed E-state index contributed by atoms with van der Waals surface area (Å²) in [7, 11) is 0. The zero-order valence-electron chi connectivity index (χ0n) is 10.3. The first-order valence-electron chi connectivity index (χ1n) is 6.54. The maximum Gasteiger partial charge on any atom is 0.235 e. The van der Waals surface area contributed by atoms with Crippen LogP contribution in [-0.2, 0) is 16.0 Å². The molecule has 2 aliphatic rings. The molecular weight excluding hydrogens is 230 g/mol. The van der Waals surface area contributed by atoms with Crippen LogP contribution >= 0.6 is 0 Å². The summed E-state index contributed by atoms with van der Waals surface area (Å²) < 4.78 is 0. The second-order valence-corrected chi connectivity index (χ2v) is 5.30. The average Bonchev–Trinajstić information content (AvgIpc) is 3.03. The smallest absolute Gasteiger partial charge is 0.235 e. The minimum atomic E-state index is -0.347. The van der Waals surface area contributed by atoms with Crippen molar-refractivity contribution in [1.82, 2.24) is 14.9 Å². The molecule has 1 N–H and O–H groups in total. The number of hydrogen-bond acceptors (Lipinski definition) is 3. The van der Waals surface area contributed by atoms with Gasteiger partial charge in [0.05, 0.1) is 5.41 Å². The van der Waals surface area contributed by atoms with Gasteiger partial charge in [-0.2, -0.15) is 0 Å². The first-order valence-corrected chi connectivity index (χ1v) is 6.54. The number of nitrogens with one attached hydrogen (secondary N) is 1. The number of aromatic amines is 1. The second kappa shape index (κ2) is 4.23. The van der Waals surface area contributed by atoms with Crippen LogP contribution in [0.3, 0.4) is 0 Å². The molecule has 1 saturated carbocycles. The number of hydrogen-bond donors (Lipinski definition) is 1. The highest BCUT2D eigenvalue weighted by atomic mass is 16.2. The SMILES string of the molecule is O=C1CC2(CCCC2)C(=O)N1CCc1ncc[nH]1. The van der Waals surface area contributed by atoms with Gasteiger partial charge in [0.1, 0.15) is 5.82 Å². The van der Waals surface area contributed by atoms with Crippen molar-refractivity contribution in [1.29, 1.82) is 0 Å². The van der Waals surface area contributed by atoms with Gasteiger partial charge in [-0.1, -0.05) is 12.8 Å². The summed E-state index contributed by atoms with van der Waals surface area (Å²) in [5.74, 6) is 0.869. The number of carbonyl (C=O) groups excluding carboxylic acids is 2. The molecule has 0 bridgehead atoms. The summed E-state index contributed by atoms with van der Waals surface area (Å²) in [6, 6.07) is 0. The van der Waals surface area contributed by atoms with E-state index in [9.17, 15) is 9.59 Å². The van der Waals surface area contributed by atoms with E-state index in [1.165, 1.54) is 4.90 Å². The van der Waals surface area contributed by atoms with E-state index >= 15 is 0 Å². The number of imide groups is 1. The Labute approximate surface area is 106 Å². The largest absolute Gasteiger partial charge is 0.349 e. The molecule has 0 atom stereocenters. The fourth-order valence-corrected chi connectivity index (χ4v) is 3.18. The van der Waals surface area contributed by atoms with Crippen LogP contribution in [0.2, 0.25) is 0 Å². The number of aromatic nitrogens is 2. The number of amides is 2. The summed E-state index contributed by atoms with van der Waals surface area (Å²) in [5.41, 5.74) is -0.347. The highest BCUT2D eigenvalue weighted by Gasteiger charge is 2.52. The van der Waals surface area contributed by atoms with E-state index in [1.807, 2.05) is 0 Å². The van der Waals surface area contributed by atoms with Crippen LogP contribution in [-0.4, -0.2) is 33.2 Å². The Morgan fingerprint density at radius 1 is 1.33 bits per heavy atom. The molecule has 1 spiro atoms. The Hall–Kier alpha value is -1.65. The molecule has 18 heavy (non-hydrogen) atoms. The van der Waals surface area contributed by atoms with E-state index in [4.69, 9.17) is 0 Å². The van der Waals surface area contributed by atoms with E-state index in [0.29, 0.717) is 19.4 Å². The van der Waals surface area contributed by atoms with E-state index in [2.05, 4.69) is 9.97 Å². The number of rotatable bonds is 3. The number of imidazole rings is 1. The van der Waals surface area contributed by atoms with Crippen LogP contribution < -0.4 is 0 Å². The molecule has 1 aromatic rings. The van der Waals surface area contributed by atoms with Gasteiger partial charge in [0, 0.05) is 31.8 Å². The molecule has 2 amide bonds. The fraction of sp³-hybridized carbons (Fsp3) is 0.615. The van der Waals surface area contributed by atoms with E-state index in [1.54, 1.807) is 12.4 Å². The predicted molar refractivity (Wildman–Crippen MR) is 64.5 cm³/mol. The Morgan fingerprint density at radius 3 is 2.78 bits per heavy atom. The van der Waals surface area contributed by atoms with Crippen LogP contribution in [0, 0.1) is 5.41 Å². The van der Waals surface area contributed by atoms with Crippen LogP contribution in [0.25, 0.3) is 0 Å². The first kappa shape index (κ1) is 11.4. The molecule has 2 heterocycles. The van der Waals surface area contributed by atoms with Crippen LogP contribution in [0.1, 0.15) is 37.9 Å². The minimum absolute atomic E-state index is 0.00606. The standard InChI is InChI=1S/C13H17N3O2/c17-11-9-13(4-1-2-5-13)12(18)16(11)8-3-10-14-6-7-15-10/h6-7H,1-5,8-9H2,(H,14,15). The third-order valence-corrected chi connectivity index (χ3v) is 4.18. The Bertz CT molecular complexity index is 461. The zero-order chi connectivity index (χ0) is 12.6. The predicted octanol–water partition coefficient (Wildman–Crippen LogP) is 1.27. The number of carbonyl (C=O) groups is 2. The van der Waals surface area contributed by atoms with Crippen molar-refractivity contribution in [3.63, 3.8) is 0 Å². The molecule has 1 aliphatic carbocycles. The van der Waals surface area contributed by atoms with Gasteiger partial charge in [-0.3, -0.25) is 14.5 Å². The monoisotopic (exact) mass is 247 g/mol. The van der Waals surface area contributed by atoms with E-state index in [0.717, 1.165) is 31.5 Å².